The van der Waals surface area contributed by atoms with E-state index in [9.17, 15) is 0 Å². The zero-order valence-electron chi connectivity index (χ0n) is 11.1. The first-order valence-electron chi connectivity index (χ1n) is 5.01. The molecule has 0 unspecified atom stereocenters. The van der Waals surface area contributed by atoms with Gasteiger partial charge < -0.3 is 25.5 Å². The third kappa shape index (κ3) is 10000. The topological polar surface area (TPSA) is 112 Å². The molecule has 0 aliphatic carbocycles. The maximum Gasteiger partial charge on any atom is 4.00 e. The zero-order chi connectivity index (χ0) is 13.5. The second-order valence-electron chi connectivity index (χ2n) is 1.47. The molecular formula is C10H26O5Ti. The molecule has 0 fully saturated rings. The van der Waals surface area contributed by atoms with E-state index in [0.717, 1.165) is 0 Å². The number of rotatable bonds is 0. The Morgan fingerprint density at radius 3 is 0.625 bits per heavy atom. The Labute approximate surface area is 115 Å². The molecule has 0 rings (SSSR count). The van der Waals surface area contributed by atoms with Crippen molar-refractivity contribution in [1.82, 2.24) is 0 Å². The van der Waals surface area contributed by atoms with E-state index in [1.807, 2.05) is 0 Å². The van der Waals surface area contributed by atoms with Gasteiger partial charge in [-0.25, -0.2) is 0 Å². The van der Waals surface area contributed by atoms with Crippen LogP contribution >= 0.6 is 0 Å². The second kappa shape index (κ2) is 107. The van der Waals surface area contributed by atoms with E-state index in [2.05, 4.69) is 0 Å². The number of hydrogen-bond donors (Lipinski definition) is 1. The smallest absolute Gasteiger partial charge is 0.855 e. The van der Waals surface area contributed by atoms with Crippen LogP contribution in [0.3, 0.4) is 0 Å². The minimum atomic E-state index is 0. The molecule has 0 aliphatic rings. The Balaban J connectivity index is -0.0000000192. The summed E-state index contributed by atoms with van der Waals surface area (Å²) >= 11 is 0. The molecule has 0 bridgehead atoms. The van der Waals surface area contributed by atoms with E-state index in [0.29, 0.717) is 0 Å². The summed E-state index contributed by atoms with van der Waals surface area (Å²) in [6, 6.07) is 0. The first-order valence-corrected chi connectivity index (χ1v) is 5.01. The van der Waals surface area contributed by atoms with Crippen molar-refractivity contribution in [3.63, 3.8) is 0 Å². The fraction of sp³-hybridized carbons (Fsp3) is 1.00. The van der Waals surface area contributed by atoms with Gasteiger partial charge in [0, 0.05) is 6.61 Å². The van der Waals surface area contributed by atoms with Crippen LogP contribution in [0, 0.1) is 0 Å². The van der Waals surface area contributed by atoms with Crippen LogP contribution in [0.15, 0.2) is 0 Å². The van der Waals surface area contributed by atoms with Crippen LogP contribution < -0.4 is 20.4 Å². The largest absolute Gasteiger partial charge is 4.00 e. The first kappa shape index (κ1) is 36.0. The minimum absolute atomic E-state index is 0. The van der Waals surface area contributed by atoms with Crippen molar-refractivity contribution < 1.29 is 47.3 Å². The summed E-state index contributed by atoms with van der Waals surface area (Å²) in [5, 5.41) is 43.3. The maximum atomic E-state index is 8.93. The monoisotopic (exact) mass is 274 g/mol. The molecule has 100 valence electrons. The molecule has 6 heteroatoms. The Morgan fingerprint density at radius 1 is 0.625 bits per heavy atom. The van der Waals surface area contributed by atoms with Crippen molar-refractivity contribution >= 4 is 0 Å². The number of aliphatic hydroxyl groups excluding tert-OH is 1. The molecule has 0 radical (unpaired) electrons. The Hall–Kier alpha value is 0.514. The van der Waals surface area contributed by atoms with Gasteiger partial charge in [-0.1, -0.05) is 27.7 Å². The fourth-order valence-electron chi connectivity index (χ4n) is 0. The Bertz CT molecular complexity index is 30.8. The van der Waals surface area contributed by atoms with Crippen LogP contribution in [0.25, 0.3) is 0 Å². The fourth-order valence-corrected chi connectivity index (χ4v) is 0. The Kier molecular flexibility index (Phi) is 242. The molecule has 1 N–H and O–H groups in total. The third-order valence-electron chi connectivity index (χ3n) is 0. The van der Waals surface area contributed by atoms with Gasteiger partial charge in [0.2, 0.25) is 0 Å². The van der Waals surface area contributed by atoms with E-state index in [1.165, 1.54) is 0 Å². The zero-order valence-corrected chi connectivity index (χ0v) is 12.7. The molecule has 0 heterocycles. The SMILES string of the molecule is CCO.CC[O-].CC[O-].CC[O-].CC[O-].[Ti+4]. The van der Waals surface area contributed by atoms with Gasteiger partial charge in [-0.15, -0.1) is 26.4 Å². The van der Waals surface area contributed by atoms with Gasteiger partial charge in [-0.2, -0.15) is 0 Å². The van der Waals surface area contributed by atoms with Crippen molar-refractivity contribution in [2.24, 2.45) is 0 Å². The van der Waals surface area contributed by atoms with Gasteiger partial charge >= 0.3 is 21.7 Å². The Morgan fingerprint density at radius 2 is 0.625 bits per heavy atom. The molecule has 0 aromatic carbocycles. The molecule has 0 aromatic heterocycles. The van der Waals surface area contributed by atoms with Crippen molar-refractivity contribution in [3.05, 3.63) is 0 Å². The summed E-state index contributed by atoms with van der Waals surface area (Å²) in [5.41, 5.74) is 0. The number of aliphatic hydroxyl groups is 1. The van der Waals surface area contributed by atoms with Crippen LogP contribution in [0.1, 0.15) is 34.6 Å². The van der Waals surface area contributed by atoms with Crippen LogP contribution in [0.4, 0.5) is 0 Å². The molecule has 0 atom stereocenters. The van der Waals surface area contributed by atoms with Gasteiger partial charge in [0.25, 0.3) is 0 Å². The summed E-state index contributed by atoms with van der Waals surface area (Å²) in [6.07, 6.45) is 0. The summed E-state index contributed by atoms with van der Waals surface area (Å²) in [5.74, 6) is 0. The predicted octanol–water partition coefficient (Wildman–Crippen LogP) is -2.54. The molecular weight excluding hydrogens is 248 g/mol. The summed E-state index contributed by atoms with van der Waals surface area (Å²) in [7, 11) is 0. The summed E-state index contributed by atoms with van der Waals surface area (Å²) in [6.45, 7) is 8.21. The van der Waals surface area contributed by atoms with Crippen LogP contribution in [0.2, 0.25) is 0 Å². The summed E-state index contributed by atoms with van der Waals surface area (Å²) in [4.78, 5) is 0. The average Bonchev–Trinajstić information content (AvgIpc) is 2.09. The van der Waals surface area contributed by atoms with E-state index in [1.54, 1.807) is 34.6 Å². The molecule has 0 aliphatic heterocycles. The molecule has 0 amide bonds. The molecule has 0 aromatic rings. The van der Waals surface area contributed by atoms with Gasteiger partial charge in [0.1, 0.15) is 0 Å². The predicted molar refractivity (Wildman–Crippen MR) is 54.9 cm³/mol. The molecule has 16 heavy (non-hydrogen) atoms. The normalized spacial score (nSPS) is 5.62. The molecule has 5 nitrogen and oxygen atoms in total. The second-order valence-corrected chi connectivity index (χ2v) is 1.47. The maximum absolute atomic E-state index is 8.93. The third-order valence-corrected chi connectivity index (χ3v) is 0. The van der Waals surface area contributed by atoms with E-state index in [-0.39, 0.29) is 54.8 Å². The van der Waals surface area contributed by atoms with E-state index >= 15 is 0 Å². The van der Waals surface area contributed by atoms with Gasteiger partial charge in [0.05, 0.1) is 0 Å². The van der Waals surface area contributed by atoms with Crippen molar-refractivity contribution in [1.29, 1.82) is 0 Å². The average molecular weight is 274 g/mol. The molecule has 0 saturated carbocycles. The van der Waals surface area contributed by atoms with Crippen LogP contribution in [0.5, 0.6) is 0 Å². The van der Waals surface area contributed by atoms with E-state index < -0.39 is 0 Å². The van der Waals surface area contributed by atoms with Gasteiger partial charge in [0.15, 0.2) is 0 Å². The number of hydrogen-bond acceptors (Lipinski definition) is 5. The first-order chi connectivity index (χ1) is 7.07. The van der Waals surface area contributed by atoms with E-state index in [4.69, 9.17) is 25.5 Å². The van der Waals surface area contributed by atoms with Crippen molar-refractivity contribution in [2.45, 2.75) is 34.6 Å². The molecule has 0 spiro atoms. The van der Waals surface area contributed by atoms with Gasteiger partial charge in [-0.05, 0) is 6.92 Å². The molecule has 0 saturated heterocycles. The summed E-state index contributed by atoms with van der Waals surface area (Å²) < 4.78 is 0. The van der Waals surface area contributed by atoms with Crippen molar-refractivity contribution in [2.75, 3.05) is 33.0 Å². The van der Waals surface area contributed by atoms with Crippen LogP contribution in [-0.2, 0) is 21.7 Å². The standard InChI is InChI=1S/C2H6O.4C2H5O.Ti/c5*1-2-3;/h3H,2H2,1H3;4*2H2,1H3;/q;4*-1;+4. The minimum Gasteiger partial charge on any atom is -0.855 e. The quantitative estimate of drug-likeness (QED) is 0.489. The van der Waals surface area contributed by atoms with Crippen molar-refractivity contribution in [3.8, 4) is 0 Å². The van der Waals surface area contributed by atoms with Gasteiger partial charge in [-0.3, -0.25) is 0 Å². The van der Waals surface area contributed by atoms with Crippen LogP contribution in [-0.4, -0.2) is 38.1 Å².